The highest BCUT2D eigenvalue weighted by Gasteiger charge is 2.19. The molecule has 0 aromatic carbocycles. The number of rotatable bonds is 1. The second-order valence-electron chi connectivity index (χ2n) is 3.49. The van der Waals surface area contributed by atoms with Crippen LogP contribution in [0.1, 0.15) is 25.3 Å². The molecule has 2 aliphatic heterocycles. The molecule has 0 aromatic rings. The van der Waals surface area contributed by atoms with Gasteiger partial charge in [-0.25, -0.2) is 15.0 Å². The molecule has 3 aliphatic rings. The van der Waals surface area contributed by atoms with Gasteiger partial charge in [-0.1, -0.05) is 0 Å². The minimum absolute atomic E-state index is 0.647. The van der Waals surface area contributed by atoms with E-state index in [1.54, 1.807) is 6.33 Å². The maximum atomic E-state index is 4.23. The van der Waals surface area contributed by atoms with Crippen LogP contribution in [0, 0.1) is 0 Å². The van der Waals surface area contributed by atoms with Crippen molar-refractivity contribution in [1.82, 2.24) is 19.5 Å². The molecule has 1 fully saturated rings. The lowest BCUT2D eigenvalue weighted by atomic mass is 9.93. The molecule has 0 bridgehead atoms. The van der Waals surface area contributed by atoms with Gasteiger partial charge in [0.25, 0.3) is 0 Å². The summed E-state index contributed by atoms with van der Waals surface area (Å²) in [5.41, 5.74) is 0.898. The smallest absolute Gasteiger partial charge is 0.182 e. The van der Waals surface area contributed by atoms with Gasteiger partial charge in [-0.15, -0.1) is 0 Å². The van der Waals surface area contributed by atoms with Gasteiger partial charge < -0.3 is 4.57 Å². The Labute approximate surface area is 76.0 Å². The molecule has 0 spiro atoms. The van der Waals surface area contributed by atoms with Crippen molar-refractivity contribution in [2.24, 2.45) is 0 Å². The molecule has 0 atom stereocenters. The van der Waals surface area contributed by atoms with Gasteiger partial charge in [0, 0.05) is 12.2 Å². The topological polar surface area (TPSA) is 43.6 Å². The van der Waals surface area contributed by atoms with Gasteiger partial charge in [0.2, 0.25) is 0 Å². The predicted octanol–water partition coefficient (Wildman–Crippen LogP) is 1.50. The van der Waals surface area contributed by atoms with Gasteiger partial charge in [-0.2, -0.15) is 0 Å². The van der Waals surface area contributed by atoms with Crippen LogP contribution >= 0.6 is 0 Å². The van der Waals surface area contributed by atoms with Gasteiger partial charge >= 0.3 is 0 Å². The van der Waals surface area contributed by atoms with Crippen LogP contribution in [0.25, 0.3) is 11.5 Å². The van der Waals surface area contributed by atoms with Crippen LogP contribution in [0.4, 0.5) is 0 Å². The predicted molar refractivity (Wildman–Crippen MR) is 47.3 cm³/mol. The molecule has 0 aromatic heterocycles. The lowest BCUT2D eigenvalue weighted by molar-refractivity contribution is 0.310. The van der Waals surface area contributed by atoms with Crippen LogP contribution in [0.15, 0.2) is 18.9 Å². The molecule has 2 heterocycles. The summed E-state index contributed by atoms with van der Waals surface area (Å²) in [7, 11) is 0. The Hall–Kier alpha value is -1.45. The third kappa shape index (κ3) is 1.02. The van der Waals surface area contributed by atoms with E-state index in [4.69, 9.17) is 0 Å². The number of fused-ring (bicyclic) bond motifs is 1. The van der Waals surface area contributed by atoms with Gasteiger partial charge in [-0.3, -0.25) is 0 Å². The average Bonchev–Trinajstić information content (AvgIpc) is 2.47. The Morgan fingerprint density at radius 3 is 2.92 bits per heavy atom. The van der Waals surface area contributed by atoms with Gasteiger partial charge in [0.15, 0.2) is 5.82 Å². The Morgan fingerprint density at radius 2 is 2.15 bits per heavy atom. The number of hydrogen-bond donors (Lipinski definition) is 0. The largest absolute Gasteiger partial charge is 0.334 e. The standard InChI is InChI=1S/C9H10N4/c1-2-7(3-1)13-4-8-9(12-6-13)11-5-10-8/h4-7H,1-3H2. The first kappa shape index (κ1) is 7.00. The Bertz CT molecular complexity index is 391. The molecule has 13 heavy (non-hydrogen) atoms. The number of hydrogen-bond acceptors (Lipinski definition) is 3. The van der Waals surface area contributed by atoms with Gasteiger partial charge in [0.1, 0.15) is 12.0 Å². The van der Waals surface area contributed by atoms with Crippen LogP contribution in [0.5, 0.6) is 0 Å². The zero-order valence-corrected chi connectivity index (χ0v) is 7.22. The summed E-state index contributed by atoms with van der Waals surface area (Å²) in [5, 5.41) is 0. The monoisotopic (exact) mass is 174 g/mol. The van der Waals surface area contributed by atoms with E-state index in [9.17, 15) is 0 Å². The zero-order valence-electron chi connectivity index (χ0n) is 7.22. The quantitative estimate of drug-likeness (QED) is 0.658. The first-order valence-electron chi connectivity index (χ1n) is 4.58. The van der Waals surface area contributed by atoms with Gasteiger partial charge in [-0.05, 0) is 19.3 Å². The highest BCUT2D eigenvalue weighted by molar-refractivity contribution is 5.47. The van der Waals surface area contributed by atoms with Crippen molar-refractivity contribution < 1.29 is 0 Å². The minimum atomic E-state index is 0.647. The lowest BCUT2D eigenvalue weighted by Crippen LogP contribution is -2.17. The van der Waals surface area contributed by atoms with E-state index in [0.717, 1.165) is 11.5 Å². The maximum Gasteiger partial charge on any atom is 0.182 e. The van der Waals surface area contributed by atoms with Crippen molar-refractivity contribution in [3.8, 4) is 11.5 Å². The zero-order chi connectivity index (χ0) is 8.67. The Kier molecular flexibility index (Phi) is 1.36. The third-order valence-corrected chi connectivity index (χ3v) is 2.69. The molecule has 4 nitrogen and oxygen atoms in total. The van der Waals surface area contributed by atoms with Crippen molar-refractivity contribution in [3.63, 3.8) is 0 Å². The highest BCUT2D eigenvalue weighted by atomic mass is 15.1. The van der Waals surface area contributed by atoms with Crippen molar-refractivity contribution in [1.29, 1.82) is 0 Å². The molecule has 0 amide bonds. The minimum Gasteiger partial charge on any atom is -0.334 e. The number of aromatic nitrogens is 4. The fourth-order valence-electron chi connectivity index (χ4n) is 1.64. The van der Waals surface area contributed by atoms with Crippen molar-refractivity contribution >= 4 is 0 Å². The fourth-order valence-corrected chi connectivity index (χ4v) is 1.64. The number of nitrogens with zero attached hydrogens (tertiary/aromatic N) is 4. The summed E-state index contributed by atoms with van der Waals surface area (Å²) in [4.78, 5) is 12.4. The molecule has 1 saturated carbocycles. The van der Waals surface area contributed by atoms with E-state index in [1.807, 2.05) is 12.5 Å². The van der Waals surface area contributed by atoms with Crippen LogP contribution in [0.3, 0.4) is 0 Å². The molecule has 66 valence electrons. The maximum absolute atomic E-state index is 4.23. The summed E-state index contributed by atoms with van der Waals surface area (Å²) < 4.78 is 2.15. The van der Waals surface area contributed by atoms with Crippen LogP contribution < -0.4 is 0 Å². The van der Waals surface area contributed by atoms with E-state index < -0.39 is 0 Å². The summed E-state index contributed by atoms with van der Waals surface area (Å²) in [6, 6.07) is 0.647. The molecule has 0 radical (unpaired) electrons. The van der Waals surface area contributed by atoms with E-state index in [0.29, 0.717) is 6.04 Å². The molecule has 1 aliphatic carbocycles. The van der Waals surface area contributed by atoms with E-state index >= 15 is 0 Å². The normalized spacial score (nSPS) is 17.5. The van der Waals surface area contributed by atoms with Crippen molar-refractivity contribution in [2.75, 3.05) is 0 Å². The lowest BCUT2D eigenvalue weighted by Gasteiger charge is -2.27. The fraction of sp³-hybridized carbons (Fsp3) is 0.444. The molecule has 0 N–H and O–H groups in total. The third-order valence-electron chi connectivity index (χ3n) is 2.69. The highest BCUT2D eigenvalue weighted by Crippen LogP contribution is 2.31. The van der Waals surface area contributed by atoms with E-state index in [2.05, 4.69) is 19.5 Å². The van der Waals surface area contributed by atoms with E-state index in [-0.39, 0.29) is 0 Å². The molecule has 0 saturated heterocycles. The van der Waals surface area contributed by atoms with Crippen LogP contribution in [-0.2, 0) is 0 Å². The average molecular weight is 174 g/mol. The summed E-state index contributed by atoms with van der Waals surface area (Å²) in [6.07, 6.45) is 9.34. The van der Waals surface area contributed by atoms with Gasteiger partial charge in [0.05, 0.1) is 6.33 Å². The molecular formula is C9H10N4. The van der Waals surface area contributed by atoms with E-state index in [1.165, 1.54) is 19.3 Å². The molecule has 0 unspecified atom stereocenters. The van der Waals surface area contributed by atoms with Crippen LogP contribution in [0.2, 0.25) is 0 Å². The second kappa shape index (κ2) is 2.52. The number of imidazole rings is 1. The Balaban J connectivity index is 2.06. The Morgan fingerprint density at radius 1 is 1.23 bits per heavy atom. The summed E-state index contributed by atoms with van der Waals surface area (Å²) >= 11 is 0. The molecule has 4 heteroatoms. The van der Waals surface area contributed by atoms with Crippen molar-refractivity contribution in [3.05, 3.63) is 18.9 Å². The first-order valence-corrected chi connectivity index (χ1v) is 4.58. The van der Waals surface area contributed by atoms with Crippen molar-refractivity contribution in [2.45, 2.75) is 25.3 Å². The SMILES string of the molecule is c1nc2cn(C3CCC3)cnc-2n1. The summed E-state index contributed by atoms with van der Waals surface area (Å²) in [6.45, 7) is 0. The molecule has 3 rings (SSSR count). The van der Waals surface area contributed by atoms with Crippen LogP contribution in [-0.4, -0.2) is 19.5 Å². The first-order chi connectivity index (χ1) is 6.43. The molecular weight excluding hydrogens is 164 g/mol. The second-order valence-corrected chi connectivity index (χ2v) is 3.49. The summed E-state index contributed by atoms with van der Waals surface area (Å²) in [5.74, 6) is 0.746.